The number of benzene rings is 1. The van der Waals surface area contributed by atoms with Crippen molar-refractivity contribution in [2.24, 2.45) is 5.41 Å². The monoisotopic (exact) mass is 380 g/mol. The molecule has 28 heavy (non-hydrogen) atoms. The third-order valence-electron chi connectivity index (χ3n) is 6.71. The minimum absolute atomic E-state index is 0.0933. The van der Waals surface area contributed by atoms with E-state index in [-0.39, 0.29) is 18.0 Å². The molecule has 2 heterocycles. The largest absolute Gasteiger partial charge is 0.390 e. The van der Waals surface area contributed by atoms with Gasteiger partial charge in [0.25, 0.3) is 5.91 Å². The molecule has 2 aliphatic rings. The molecule has 2 fully saturated rings. The Morgan fingerprint density at radius 2 is 1.89 bits per heavy atom. The summed E-state index contributed by atoms with van der Waals surface area (Å²) in [6.45, 7) is 3.92. The van der Waals surface area contributed by atoms with Crippen molar-refractivity contribution >= 4 is 5.91 Å². The summed E-state index contributed by atoms with van der Waals surface area (Å²) in [7, 11) is 0. The van der Waals surface area contributed by atoms with Gasteiger partial charge in [0.1, 0.15) is 5.69 Å². The van der Waals surface area contributed by atoms with Gasteiger partial charge in [-0.25, -0.2) is 0 Å². The summed E-state index contributed by atoms with van der Waals surface area (Å²) in [5.74, 6) is -0.0933. The van der Waals surface area contributed by atoms with Gasteiger partial charge in [0.2, 0.25) is 0 Å². The van der Waals surface area contributed by atoms with E-state index in [1.54, 1.807) is 6.20 Å². The number of rotatable bonds is 2. The van der Waals surface area contributed by atoms with Crippen molar-refractivity contribution in [1.82, 2.24) is 9.88 Å². The highest BCUT2D eigenvalue weighted by Crippen LogP contribution is 2.53. The number of carbonyl (C=O) groups excluding carboxylic acids is 1. The third kappa shape index (κ3) is 3.03. The van der Waals surface area contributed by atoms with Crippen LogP contribution in [0.25, 0.3) is 0 Å². The molecule has 5 nitrogen and oxygen atoms in total. The number of aliphatic hydroxyl groups is 2. The predicted molar refractivity (Wildman–Crippen MR) is 107 cm³/mol. The van der Waals surface area contributed by atoms with Crippen molar-refractivity contribution in [2.75, 3.05) is 0 Å². The van der Waals surface area contributed by atoms with Crippen LogP contribution in [0.1, 0.15) is 60.3 Å². The number of fused-ring (bicyclic) bond motifs is 1. The number of carbonyl (C=O) groups is 1. The second-order valence-electron chi connectivity index (χ2n) is 8.48. The predicted octanol–water partition coefficient (Wildman–Crippen LogP) is 3.26. The number of likely N-dealkylation sites (tertiary alicyclic amines) is 1. The molecule has 1 aliphatic carbocycles. The van der Waals surface area contributed by atoms with E-state index in [0.29, 0.717) is 18.5 Å². The fraction of sp³-hybridized carbons (Fsp3) is 0.478. The number of nitrogens with zero attached hydrogens (tertiary/aromatic N) is 2. The Morgan fingerprint density at radius 3 is 2.61 bits per heavy atom. The van der Waals surface area contributed by atoms with E-state index in [1.165, 1.54) is 0 Å². The first kappa shape index (κ1) is 19.1. The Labute approximate surface area is 166 Å². The lowest BCUT2D eigenvalue weighted by Crippen LogP contribution is -2.49. The summed E-state index contributed by atoms with van der Waals surface area (Å²) >= 11 is 0. The fourth-order valence-electron chi connectivity index (χ4n) is 5.16. The molecule has 0 radical (unpaired) electrons. The number of hydrogen-bond donors (Lipinski definition) is 2. The summed E-state index contributed by atoms with van der Waals surface area (Å²) in [5.41, 5.74) is 1.81. The molecule has 148 valence electrons. The zero-order chi connectivity index (χ0) is 19.9. The molecule has 2 aromatic rings. The molecule has 1 saturated heterocycles. The van der Waals surface area contributed by atoms with Crippen LogP contribution in [0.4, 0.5) is 0 Å². The van der Waals surface area contributed by atoms with Gasteiger partial charge in [0.15, 0.2) is 0 Å². The summed E-state index contributed by atoms with van der Waals surface area (Å²) in [6, 6.07) is 13.4. The fourth-order valence-corrected chi connectivity index (χ4v) is 5.16. The summed E-state index contributed by atoms with van der Waals surface area (Å²) < 4.78 is 0. The molecular weight excluding hydrogens is 352 g/mol. The number of amides is 1. The molecule has 1 aromatic heterocycles. The van der Waals surface area contributed by atoms with Crippen LogP contribution in [0.3, 0.4) is 0 Å². The van der Waals surface area contributed by atoms with Crippen molar-refractivity contribution in [3.63, 3.8) is 0 Å². The Bertz CT molecular complexity index is 856. The highest BCUT2D eigenvalue weighted by atomic mass is 16.3. The topological polar surface area (TPSA) is 73.7 Å². The van der Waals surface area contributed by atoms with Gasteiger partial charge in [-0.05, 0) is 49.8 Å². The van der Waals surface area contributed by atoms with Crippen LogP contribution in [0, 0.1) is 12.3 Å². The average molecular weight is 380 g/mol. The van der Waals surface area contributed by atoms with Crippen molar-refractivity contribution in [1.29, 1.82) is 0 Å². The lowest BCUT2D eigenvalue weighted by molar-refractivity contribution is -0.0613. The Kier molecular flexibility index (Phi) is 4.98. The van der Waals surface area contributed by atoms with E-state index < -0.39 is 17.6 Å². The lowest BCUT2D eigenvalue weighted by Gasteiger charge is -2.38. The minimum atomic E-state index is -0.853. The maximum atomic E-state index is 13.7. The van der Waals surface area contributed by atoms with Gasteiger partial charge in [-0.3, -0.25) is 9.78 Å². The van der Waals surface area contributed by atoms with Gasteiger partial charge in [-0.2, -0.15) is 0 Å². The quantitative estimate of drug-likeness (QED) is 0.839. The van der Waals surface area contributed by atoms with Gasteiger partial charge in [-0.15, -0.1) is 0 Å². The maximum absolute atomic E-state index is 13.7. The molecule has 1 saturated carbocycles. The standard InChI is InChI=1S/C23H28N2O3/c1-15-8-7-13-24-20(15)22(28)25-17(16-9-4-3-5-10-16)14-23(2)19(25)12-6-11-18(26)21(23)27/h3-5,7-10,13,17-19,21,26-27H,6,11-12,14H2,1-2H3/t17-,18-,19-,21-,23-/m1/s1. The lowest BCUT2D eigenvalue weighted by atomic mass is 9.74. The second-order valence-corrected chi connectivity index (χ2v) is 8.48. The van der Waals surface area contributed by atoms with Crippen molar-refractivity contribution in [3.05, 3.63) is 65.5 Å². The van der Waals surface area contributed by atoms with Gasteiger partial charge < -0.3 is 15.1 Å². The Hall–Kier alpha value is -2.24. The van der Waals surface area contributed by atoms with Crippen molar-refractivity contribution in [3.8, 4) is 0 Å². The van der Waals surface area contributed by atoms with Crippen molar-refractivity contribution in [2.45, 2.75) is 63.8 Å². The second kappa shape index (κ2) is 7.30. The van der Waals surface area contributed by atoms with Crippen LogP contribution in [-0.4, -0.2) is 44.3 Å². The van der Waals surface area contributed by atoms with Gasteiger partial charge >= 0.3 is 0 Å². The van der Waals surface area contributed by atoms with Crippen LogP contribution in [-0.2, 0) is 0 Å². The third-order valence-corrected chi connectivity index (χ3v) is 6.71. The first-order valence-electron chi connectivity index (χ1n) is 10.1. The molecule has 0 bridgehead atoms. The SMILES string of the molecule is Cc1cccnc1C(=O)N1[C@@H](c2ccccc2)C[C@@]2(C)[C@H](O)[C@H](O)CCC[C@@H]12. The van der Waals surface area contributed by atoms with E-state index in [4.69, 9.17) is 0 Å². The van der Waals surface area contributed by atoms with E-state index in [9.17, 15) is 15.0 Å². The van der Waals surface area contributed by atoms with Crippen LogP contribution >= 0.6 is 0 Å². The van der Waals surface area contributed by atoms with Crippen LogP contribution in [0.5, 0.6) is 0 Å². The zero-order valence-electron chi connectivity index (χ0n) is 16.5. The number of aromatic nitrogens is 1. The molecule has 4 rings (SSSR count). The summed E-state index contributed by atoms with van der Waals surface area (Å²) in [5, 5.41) is 21.4. The molecule has 1 aliphatic heterocycles. The molecule has 0 spiro atoms. The molecule has 5 heteroatoms. The number of aryl methyl sites for hydroxylation is 1. The minimum Gasteiger partial charge on any atom is -0.390 e. The number of hydrogen-bond acceptors (Lipinski definition) is 4. The van der Waals surface area contributed by atoms with Gasteiger partial charge in [0.05, 0.1) is 18.2 Å². The van der Waals surface area contributed by atoms with E-state index in [1.807, 2.05) is 61.2 Å². The van der Waals surface area contributed by atoms with Crippen LogP contribution in [0.2, 0.25) is 0 Å². The summed E-state index contributed by atoms with van der Waals surface area (Å²) in [6.07, 6.45) is 2.78. The van der Waals surface area contributed by atoms with E-state index in [0.717, 1.165) is 24.0 Å². The molecule has 2 N–H and O–H groups in total. The van der Waals surface area contributed by atoms with Gasteiger partial charge in [-0.1, -0.05) is 43.3 Å². The zero-order valence-corrected chi connectivity index (χ0v) is 16.5. The van der Waals surface area contributed by atoms with E-state index in [2.05, 4.69) is 4.98 Å². The van der Waals surface area contributed by atoms with Gasteiger partial charge in [0, 0.05) is 17.7 Å². The first-order chi connectivity index (χ1) is 13.4. The number of aliphatic hydroxyl groups excluding tert-OH is 2. The molecule has 1 aromatic carbocycles. The van der Waals surface area contributed by atoms with Crippen LogP contribution < -0.4 is 0 Å². The highest BCUT2D eigenvalue weighted by molar-refractivity contribution is 5.94. The summed E-state index contributed by atoms with van der Waals surface area (Å²) in [4.78, 5) is 20.0. The Balaban J connectivity index is 1.81. The van der Waals surface area contributed by atoms with E-state index >= 15 is 0 Å². The Morgan fingerprint density at radius 1 is 1.14 bits per heavy atom. The molecule has 5 atom stereocenters. The first-order valence-corrected chi connectivity index (χ1v) is 10.1. The van der Waals surface area contributed by atoms with Crippen molar-refractivity contribution < 1.29 is 15.0 Å². The smallest absolute Gasteiger partial charge is 0.273 e. The normalized spacial score (nSPS) is 32.6. The number of pyridine rings is 1. The molecular formula is C23H28N2O3. The van der Waals surface area contributed by atoms with Crippen LogP contribution in [0.15, 0.2) is 48.7 Å². The average Bonchev–Trinajstić information content (AvgIpc) is 2.96. The maximum Gasteiger partial charge on any atom is 0.273 e. The molecule has 1 amide bonds. The highest BCUT2D eigenvalue weighted by Gasteiger charge is 2.57. The molecule has 0 unspecified atom stereocenters.